The molecule has 2 aliphatic rings. The maximum absolute atomic E-state index is 12.3. The van der Waals surface area contributed by atoms with Crippen LogP contribution in [-0.4, -0.2) is 49.7 Å². The number of nitrogens with one attached hydrogen (secondary N) is 1. The van der Waals surface area contributed by atoms with E-state index >= 15 is 0 Å². The molecule has 0 aromatic rings. The minimum absolute atomic E-state index is 0.159. The fourth-order valence-corrected chi connectivity index (χ4v) is 2.35. The van der Waals surface area contributed by atoms with E-state index in [4.69, 9.17) is 4.74 Å². The molecule has 92 valence electrons. The molecule has 0 saturated carbocycles. The fraction of sp³-hybridized carbons (Fsp3) is 0.917. The Balaban J connectivity index is 1.91. The number of hydrogen-bond donors (Lipinski definition) is 1. The van der Waals surface area contributed by atoms with Crippen LogP contribution in [0.2, 0.25) is 0 Å². The van der Waals surface area contributed by atoms with Gasteiger partial charge < -0.3 is 15.0 Å². The van der Waals surface area contributed by atoms with Gasteiger partial charge in [-0.05, 0) is 32.4 Å². The fourth-order valence-electron chi connectivity index (χ4n) is 2.35. The number of carbonyl (C=O) groups excluding carboxylic acids is 1. The van der Waals surface area contributed by atoms with Gasteiger partial charge in [0, 0.05) is 25.6 Å². The summed E-state index contributed by atoms with van der Waals surface area (Å²) in [6, 6.07) is 0. The van der Waals surface area contributed by atoms with Gasteiger partial charge in [-0.25, -0.2) is 0 Å². The van der Waals surface area contributed by atoms with Crippen molar-refractivity contribution in [3.05, 3.63) is 0 Å². The molecule has 2 heterocycles. The molecule has 0 aromatic carbocycles. The molecule has 2 fully saturated rings. The summed E-state index contributed by atoms with van der Waals surface area (Å²) in [6.07, 6.45) is 1.14. The summed E-state index contributed by atoms with van der Waals surface area (Å²) < 4.78 is 5.56. The molecule has 2 atom stereocenters. The molecule has 2 saturated heterocycles. The zero-order valence-electron chi connectivity index (χ0n) is 10.2. The number of amides is 1. The van der Waals surface area contributed by atoms with Gasteiger partial charge in [0.15, 0.2) is 0 Å². The highest BCUT2D eigenvalue weighted by Gasteiger charge is 2.32. The van der Waals surface area contributed by atoms with E-state index in [0.29, 0.717) is 11.8 Å². The van der Waals surface area contributed by atoms with E-state index in [1.54, 1.807) is 0 Å². The maximum atomic E-state index is 12.3. The Bertz CT molecular complexity index is 253. The molecule has 0 spiro atoms. The van der Waals surface area contributed by atoms with Gasteiger partial charge in [-0.2, -0.15) is 0 Å². The summed E-state index contributed by atoms with van der Waals surface area (Å²) in [5.74, 6) is 1.00. The first kappa shape index (κ1) is 11.9. The lowest BCUT2D eigenvalue weighted by molar-refractivity contribution is -0.138. The predicted octanol–water partition coefficient (Wildman–Crippen LogP) is 0.479. The Morgan fingerprint density at radius 2 is 2.25 bits per heavy atom. The van der Waals surface area contributed by atoms with Crippen LogP contribution < -0.4 is 5.32 Å². The van der Waals surface area contributed by atoms with E-state index in [9.17, 15) is 4.79 Å². The van der Waals surface area contributed by atoms with E-state index < -0.39 is 0 Å². The molecule has 0 aromatic heterocycles. The minimum Gasteiger partial charge on any atom is -0.377 e. The van der Waals surface area contributed by atoms with Gasteiger partial charge in [0.1, 0.15) is 0 Å². The van der Waals surface area contributed by atoms with Crippen LogP contribution >= 0.6 is 0 Å². The second-order valence-electron chi connectivity index (χ2n) is 5.03. The van der Waals surface area contributed by atoms with E-state index in [0.717, 1.165) is 39.2 Å². The largest absolute Gasteiger partial charge is 0.377 e. The van der Waals surface area contributed by atoms with Crippen molar-refractivity contribution < 1.29 is 9.53 Å². The lowest BCUT2D eigenvalue weighted by atomic mass is 9.88. The first-order valence-electron chi connectivity index (χ1n) is 6.29. The summed E-state index contributed by atoms with van der Waals surface area (Å²) in [4.78, 5) is 14.3. The van der Waals surface area contributed by atoms with Crippen LogP contribution in [0.5, 0.6) is 0 Å². The first-order valence-corrected chi connectivity index (χ1v) is 6.29. The molecular weight excluding hydrogens is 204 g/mol. The topological polar surface area (TPSA) is 41.6 Å². The molecule has 16 heavy (non-hydrogen) atoms. The van der Waals surface area contributed by atoms with Crippen molar-refractivity contribution in [1.29, 1.82) is 0 Å². The van der Waals surface area contributed by atoms with Gasteiger partial charge in [0.05, 0.1) is 6.10 Å². The molecule has 1 N–H and O–H groups in total. The first-order chi connectivity index (χ1) is 7.68. The van der Waals surface area contributed by atoms with Crippen molar-refractivity contribution in [3.8, 4) is 0 Å². The Kier molecular flexibility index (Phi) is 3.82. The van der Waals surface area contributed by atoms with E-state index in [1.807, 2.05) is 11.8 Å². The Hall–Kier alpha value is -0.610. The Morgan fingerprint density at radius 1 is 1.50 bits per heavy atom. The smallest absolute Gasteiger partial charge is 0.225 e. The summed E-state index contributed by atoms with van der Waals surface area (Å²) in [7, 11) is 0. The summed E-state index contributed by atoms with van der Waals surface area (Å²) >= 11 is 0. The van der Waals surface area contributed by atoms with Crippen LogP contribution in [0, 0.1) is 11.8 Å². The molecular formula is C12H22N2O2. The highest BCUT2D eigenvalue weighted by atomic mass is 16.5. The third-order valence-electron chi connectivity index (χ3n) is 3.67. The Morgan fingerprint density at radius 3 is 2.88 bits per heavy atom. The summed E-state index contributed by atoms with van der Waals surface area (Å²) in [6.45, 7) is 8.48. The van der Waals surface area contributed by atoms with Gasteiger partial charge in [0.25, 0.3) is 0 Å². The van der Waals surface area contributed by atoms with E-state index in [-0.39, 0.29) is 12.0 Å². The SMILES string of the molecule is CC1CN(C(=O)C(C)C2CNC2)CCCO1. The quantitative estimate of drug-likeness (QED) is 0.744. The number of carbonyl (C=O) groups is 1. The molecule has 0 bridgehead atoms. The second-order valence-corrected chi connectivity index (χ2v) is 5.03. The van der Waals surface area contributed by atoms with Gasteiger partial charge in [-0.1, -0.05) is 6.92 Å². The van der Waals surface area contributed by atoms with Crippen LogP contribution in [0.1, 0.15) is 20.3 Å². The molecule has 0 radical (unpaired) electrons. The molecule has 2 aliphatic heterocycles. The van der Waals surface area contributed by atoms with Crippen molar-refractivity contribution in [3.63, 3.8) is 0 Å². The average Bonchev–Trinajstić information content (AvgIpc) is 2.39. The zero-order valence-corrected chi connectivity index (χ0v) is 10.2. The van der Waals surface area contributed by atoms with E-state index in [1.165, 1.54) is 0 Å². The normalized spacial score (nSPS) is 29.4. The third kappa shape index (κ3) is 2.55. The number of hydrogen-bond acceptors (Lipinski definition) is 3. The summed E-state index contributed by atoms with van der Waals surface area (Å²) in [5.41, 5.74) is 0. The lowest BCUT2D eigenvalue weighted by Crippen LogP contribution is -2.51. The second kappa shape index (κ2) is 5.15. The monoisotopic (exact) mass is 226 g/mol. The van der Waals surface area contributed by atoms with Crippen LogP contribution in [0.4, 0.5) is 0 Å². The number of rotatable bonds is 2. The molecule has 2 unspecified atom stereocenters. The van der Waals surface area contributed by atoms with E-state index in [2.05, 4.69) is 12.2 Å². The number of nitrogens with zero attached hydrogens (tertiary/aromatic N) is 1. The predicted molar refractivity (Wildman–Crippen MR) is 62.1 cm³/mol. The van der Waals surface area contributed by atoms with Crippen LogP contribution in [0.15, 0.2) is 0 Å². The van der Waals surface area contributed by atoms with Crippen molar-refractivity contribution in [2.24, 2.45) is 11.8 Å². The van der Waals surface area contributed by atoms with Crippen molar-refractivity contribution >= 4 is 5.91 Å². The maximum Gasteiger partial charge on any atom is 0.225 e. The van der Waals surface area contributed by atoms with Crippen LogP contribution in [-0.2, 0) is 9.53 Å². The zero-order chi connectivity index (χ0) is 11.5. The molecule has 0 aliphatic carbocycles. The van der Waals surface area contributed by atoms with Gasteiger partial charge in [-0.15, -0.1) is 0 Å². The molecule has 4 nitrogen and oxygen atoms in total. The van der Waals surface area contributed by atoms with Crippen molar-refractivity contribution in [1.82, 2.24) is 10.2 Å². The van der Waals surface area contributed by atoms with Crippen LogP contribution in [0.25, 0.3) is 0 Å². The van der Waals surface area contributed by atoms with Crippen LogP contribution in [0.3, 0.4) is 0 Å². The molecule has 1 amide bonds. The molecule has 4 heteroatoms. The average molecular weight is 226 g/mol. The van der Waals surface area contributed by atoms with Gasteiger partial charge in [-0.3, -0.25) is 4.79 Å². The summed E-state index contributed by atoms with van der Waals surface area (Å²) in [5, 5.41) is 3.23. The highest BCUT2D eigenvalue weighted by Crippen LogP contribution is 2.19. The van der Waals surface area contributed by atoms with Gasteiger partial charge in [0.2, 0.25) is 5.91 Å². The third-order valence-corrected chi connectivity index (χ3v) is 3.67. The van der Waals surface area contributed by atoms with Crippen molar-refractivity contribution in [2.75, 3.05) is 32.8 Å². The lowest BCUT2D eigenvalue weighted by Gasteiger charge is -2.35. The highest BCUT2D eigenvalue weighted by molar-refractivity contribution is 5.79. The van der Waals surface area contributed by atoms with Crippen molar-refractivity contribution in [2.45, 2.75) is 26.4 Å². The molecule has 2 rings (SSSR count). The Labute approximate surface area is 97.3 Å². The number of ether oxygens (including phenoxy) is 1. The standard InChI is InChI=1S/C12H22N2O2/c1-9-8-14(4-3-5-16-9)12(15)10(2)11-6-13-7-11/h9-11,13H,3-8H2,1-2H3. The minimum atomic E-state index is 0.159. The van der Waals surface area contributed by atoms with Gasteiger partial charge >= 0.3 is 0 Å².